The van der Waals surface area contributed by atoms with Gasteiger partial charge in [0.05, 0.1) is 25.4 Å². The quantitative estimate of drug-likeness (QED) is 0.0320. The van der Waals surface area contributed by atoms with Crippen LogP contribution in [0, 0.1) is 0 Å². The Labute approximate surface area is 545 Å². The van der Waals surface area contributed by atoms with Crippen molar-refractivity contribution in [2.75, 3.05) is 13.2 Å². The number of unbranched alkanes of at least 4 members (excludes halogenated alkanes) is 63. The van der Waals surface area contributed by atoms with Gasteiger partial charge < -0.3 is 20.3 Å². The number of aliphatic hydroxyl groups excluding tert-OH is 2. The van der Waals surface area contributed by atoms with Crippen molar-refractivity contribution in [3.63, 3.8) is 0 Å². The van der Waals surface area contributed by atoms with Crippen LogP contribution in [0.2, 0.25) is 0 Å². The van der Waals surface area contributed by atoms with Gasteiger partial charge in [-0.05, 0) is 57.8 Å². The summed E-state index contributed by atoms with van der Waals surface area (Å²) in [6.45, 7) is 4.94. The molecule has 0 aromatic carbocycles. The molecule has 0 aliphatic carbocycles. The molecule has 87 heavy (non-hydrogen) atoms. The zero-order valence-corrected chi connectivity index (χ0v) is 59.3. The number of rotatable bonds is 76. The van der Waals surface area contributed by atoms with Crippen LogP contribution >= 0.6 is 0 Å². The van der Waals surface area contributed by atoms with Crippen molar-refractivity contribution < 1.29 is 24.5 Å². The topological polar surface area (TPSA) is 95.9 Å². The molecule has 2 unspecified atom stereocenters. The first-order valence-corrected chi connectivity index (χ1v) is 40.1. The minimum Gasteiger partial charge on any atom is -0.466 e. The third-order valence-electron chi connectivity index (χ3n) is 19.0. The van der Waals surface area contributed by atoms with Crippen molar-refractivity contribution in [1.29, 1.82) is 0 Å². The number of allylic oxidation sites excluding steroid dienone is 3. The molecule has 6 nitrogen and oxygen atoms in total. The van der Waals surface area contributed by atoms with E-state index in [2.05, 4.69) is 31.3 Å². The van der Waals surface area contributed by atoms with Gasteiger partial charge in [0, 0.05) is 12.8 Å². The molecule has 0 aliphatic rings. The highest BCUT2D eigenvalue weighted by atomic mass is 16.5. The molecule has 516 valence electrons. The average molecular weight is 1230 g/mol. The second-order valence-electron chi connectivity index (χ2n) is 27.8. The van der Waals surface area contributed by atoms with Gasteiger partial charge >= 0.3 is 5.97 Å². The highest BCUT2D eigenvalue weighted by molar-refractivity contribution is 5.76. The van der Waals surface area contributed by atoms with Crippen LogP contribution < -0.4 is 5.32 Å². The summed E-state index contributed by atoms with van der Waals surface area (Å²) in [7, 11) is 0. The van der Waals surface area contributed by atoms with Gasteiger partial charge in [-0.1, -0.05) is 411 Å². The lowest BCUT2D eigenvalue weighted by Crippen LogP contribution is -2.45. The van der Waals surface area contributed by atoms with Gasteiger partial charge in [-0.25, -0.2) is 0 Å². The number of carbonyl (C=O) groups is 2. The second-order valence-corrected chi connectivity index (χ2v) is 27.8. The van der Waals surface area contributed by atoms with E-state index in [1.54, 1.807) is 6.08 Å². The van der Waals surface area contributed by atoms with Gasteiger partial charge in [0.2, 0.25) is 5.91 Å². The van der Waals surface area contributed by atoms with Crippen LogP contribution in [0.5, 0.6) is 0 Å². The molecule has 0 rings (SSSR count). The van der Waals surface area contributed by atoms with E-state index in [9.17, 15) is 19.8 Å². The van der Waals surface area contributed by atoms with Crippen molar-refractivity contribution in [1.82, 2.24) is 5.32 Å². The van der Waals surface area contributed by atoms with E-state index in [1.807, 2.05) is 6.08 Å². The molecular weight excluding hydrogens is 1070 g/mol. The fourth-order valence-electron chi connectivity index (χ4n) is 12.9. The van der Waals surface area contributed by atoms with E-state index < -0.39 is 12.1 Å². The summed E-state index contributed by atoms with van der Waals surface area (Å²) in [4.78, 5) is 24.6. The first kappa shape index (κ1) is 85.3. The summed E-state index contributed by atoms with van der Waals surface area (Å²) in [5, 5.41) is 23.3. The number of ether oxygens (including phenoxy) is 1. The highest BCUT2D eigenvalue weighted by Gasteiger charge is 2.18. The predicted molar refractivity (Wildman–Crippen MR) is 384 cm³/mol. The Morgan fingerprint density at radius 2 is 0.540 bits per heavy atom. The maximum absolute atomic E-state index is 12.5. The van der Waals surface area contributed by atoms with Crippen molar-refractivity contribution in [3.05, 3.63) is 24.3 Å². The van der Waals surface area contributed by atoms with Gasteiger partial charge in [0.25, 0.3) is 0 Å². The molecule has 1 amide bonds. The maximum atomic E-state index is 12.5. The van der Waals surface area contributed by atoms with Crippen molar-refractivity contribution >= 4 is 11.9 Å². The number of aliphatic hydroxyl groups is 2. The second kappa shape index (κ2) is 76.8. The minimum atomic E-state index is -0.842. The lowest BCUT2D eigenvalue weighted by Gasteiger charge is -2.20. The highest BCUT2D eigenvalue weighted by Crippen LogP contribution is 2.20. The number of esters is 1. The molecule has 0 aromatic heterocycles. The number of carbonyl (C=O) groups excluding carboxylic acids is 2. The van der Waals surface area contributed by atoms with E-state index in [-0.39, 0.29) is 18.5 Å². The molecule has 0 aromatic rings. The summed E-state index contributed by atoms with van der Waals surface area (Å²) in [5.41, 5.74) is 0. The van der Waals surface area contributed by atoms with Crippen LogP contribution in [-0.2, 0) is 14.3 Å². The van der Waals surface area contributed by atoms with E-state index in [0.717, 1.165) is 44.9 Å². The Morgan fingerprint density at radius 3 is 0.816 bits per heavy atom. The van der Waals surface area contributed by atoms with Crippen LogP contribution in [0.25, 0.3) is 0 Å². The van der Waals surface area contributed by atoms with Gasteiger partial charge in [-0.15, -0.1) is 0 Å². The van der Waals surface area contributed by atoms with Crippen LogP contribution in [0.4, 0.5) is 0 Å². The van der Waals surface area contributed by atoms with E-state index in [1.165, 1.54) is 385 Å². The zero-order valence-electron chi connectivity index (χ0n) is 59.3. The summed E-state index contributed by atoms with van der Waals surface area (Å²) in [6, 6.07) is -0.624. The Bertz CT molecular complexity index is 1360. The van der Waals surface area contributed by atoms with Gasteiger partial charge in [-0.3, -0.25) is 9.59 Å². The third kappa shape index (κ3) is 73.3. The van der Waals surface area contributed by atoms with Crippen LogP contribution in [-0.4, -0.2) is 47.4 Å². The van der Waals surface area contributed by atoms with E-state index in [4.69, 9.17) is 4.74 Å². The van der Waals surface area contributed by atoms with E-state index >= 15 is 0 Å². The maximum Gasteiger partial charge on any atom is 0.305 e. The van der Waals surface area contributed by atoms with Gasteiger partial charge in [-0.2, -0.15) is 0 Å². The number of amides is 1. The SMILES string of the molecule is CCCCCCC/C=C\CCCCCCCC(=O)OCCCCCCCCCCCCCCCCCCCCCCCCCCCCCCCCCCCCCC(=O)NC(CO)C(O)/C=C/CCCCCCCCCCCCCCCCCCCCC. The largest absolute Gasteiger partial charge is 0.466 e. The number of nitrogens with one attached hydrogen (secondary N) is 1. The molecule has 0 spiro atoms. The molecule has 2 atom stereocenters. The molecular formula is C81H157NO5. The lowest BCUT2D eigenvalue weighted by atomic mass is 10.0. The summed E-state index contributed by atoms with van der Waals surface area (Å²) < 4.78 is 5.49. The van der Waals surface area contributed by atoms with Crippen LogP contribution in [0.1, 0.15) is 457 Å². The monoisotopic (exact) mass is 1220 g/mol. The molecule has 0 fully saturated rings. The van der Waals surface area contributed by atoms with Gasteiger partial charge in [0.15, 0.2) is 0 Å². The Hall–Kier alpha value is -1.66. The van der Waals surface area contributed by atoms with Gasteiger partial charge in [0.1, 0.15) is 0 Å². The Balaban J connectivity index is 3.33. The molecule has 0 saturated heterocycles. The fraction of sp³-hybridized carbons (Fsp3) is 0.926. The lowest BCUT2D eigenvalue weighted by molar-refractivity contribution is -0.143. The zero-order chi connectivity index (χ0) is 62.8. The molecule has 3 N–H and O–H groups in total. The molecule has 0 saturated carbocycles. The fourth-order valence-corrected chi connectivity index (χ4v) is 12.9. The third-order valence-corrected chi connectivity index (χ3v) is 19.0. The van der Waals surface area contributed by atoms with Crippen molar-refractivity contribution in [2.24, 2.45) is 0 Å². The smallest absolute Gasteiger partial charge is 0.305 e. The molecule has 0 radical (unpaired) electrons. The van der Waals surface area contributed by atoms with Crippen LogP contribution in [0.15, 0.2) is 24.3 Å². The molecule has 0 aliphatic heterocycles. The molecule has 0 bridgehead atoms. The summed E-state index contributed by atoms with van der Waals surface area (Å²) in [5.74, 6) is -0.0431. The average Bonchev–Trinajstić information content (AvgIpc) is 3.52. The number of hydrogen-bond donors (Lipinski definition) is 3. The number of hydrogen-bond acceptors (Lipinski definition) is 5. The van der Waals surface area contributed by atoms with Crippen molar-refractivity contribution in [2.45, 2.75) is 469 Å². The predicted octanol–water partition coefficient (Wildman–Crippen LogP) is 26.4. The minimum absolute atomic E-state index is 0.0147. The first-order valence-electron chi connectivity index (χ1n) is 40.1. The van der Waals surface area contributed by atoms with E-state index in [0.29, 0.717) is 19.4 Å². The molecule has 0 heterocycles. The standard InChI is InChI=1S/C81H157NO5/c1-3-5-7-9-11-13-15-17-19-20-21-37-40-43-46-49-53-57-61-65-69-73-79(84)78(77-83)82-80(85)74-70-66-62-58-54-50-47-44-41-38-35-33-31-29-27-25-23-22-24-26-28-30-32-34-36-39-42-45-48-52-56-60-64-68-72-76-87-81(86)75-71-67-63-59-55-51-18-16-14-12-10-8-6-4-2/h16,18,69,73,78-79,83-84H,3-15,17,19-68,70-72,74-77H2,1-2H3,(H,82,85)/b18-16-,73-69+. The first-order chi connectivity index (χ1) is 43.0. The molecule has 6 heteroatoms. The summed E-state index contributed by atoms with van der Waals surface area (Å²) >= 11 is 0. The Kier molecular flexibility index (Phi) is 75.3. The Morgan fingerprint density at radius 1 is 0.310 bits per heavy atom. The normalized spacial score (nSPS) is 12.6. The van der Waals surface area contributed by atoms with Crippen LogP contribution in [0.3, 0.4) is 0 Å². The summed E-state index contributed by atoms with van der Waals surface area (Å²) in [6.07, 6.45) is 98.8. The van der Waals surface area contributed by atoms with Crippen molar-refractivity contribution in [3.8, 4) is 0 Å².